The molecule has 0 atom stereocenters. The number of oxazole rings is 1. The van der Waals surface area contributed by atoms with Crippen molar-refractivity contribution in [3.8, 4) is 11.5 Å². The van der Waals surface area contributed by atoms with Crippen molar-refractivity contribution in [2.45, 2.75) is 33.5 Å². The predicted molar refractivity (Wildman–Crippen MR) is 107 cm³/mol. The molecule has 1 aliphatic heterocycles. The van der Waals surface area contributed by atoms with Gasteiger partial charge in [0.15, 0.2) is 11.2 Å². The van der Waals surface area contributed by atoms with Gasteiger partial charge in [0.1, 0.15) is 5.52 Å². The monoisotopic (exact) mass is 392 g/mol. The standard InChI is InChI=1S/C22H20N2O5/c1-12-5-8-16-18(9-12)27-19(24-16)14-7-6-13(2)17(10-14)23-11-15-20(25)28-22(3,4)29-21(15)26/h5-11,23H,1-4H3. The lowest BCUT2D eigenvalue weighted by Crippen LogP contribution is -2.42. The molecule has 2 heterocycles. The smallest absolute Gasteiger partial charge is 0.350 e. The molecule has 1 aliphatic rings. The summed E-state index contributed by atoms with van der Waals surface area (Å²) < 4.78 is 16.1. The average molecular weight is 392 g/mol. The van der Waals surface area contributed by atoms with Crippen LogP contribution in [0.3, 0.4) is 0 Å². The number of fused-ring (bicyclic) bond motifs is 1. The number of esters is 2. The lowest BCUT2D eigenvalue weighted by atomic mass is 10.1. The zero-order valence-corrected chi connectivity index (χ0v) is 16.5. The topological polar surface area (TPSA) is 90.7 Å². The van der Waals surface area contributed by atoms with E-state index in [-0.39, 0.29) is 5.57 Å². The summed E-state index contributed by atoms with van der Waals surface area (Å²) in [7, 11) is 0. The van der Waals surface area contributed by atoms with Gasteiger partial charge in [-0.05, 0) is 49.2 Å². The fraction of sp³-hybridized carbons (Fsp3) is 0.227. The minimum Gasteiger partial charge on any atom is -0.436 e. The van der Waals surface area contributed by atoms with Crippen molar-refractivity contribution >= 4 is 28.7 Å². The van der Waals surface area contributed by atoms with Gasteiger partial charge in [-0.2, -0.15) is 0 Å². The number of benzene rings is 2. The van der Waals surface area contributed by atoms with E-state index in [2.05, 4.69) is 10.3 Å². The Bertz CT molecular complexity index is 1150. The summed E-state index contributed by atoms with van der Waals surface area (Å²) in [4.78, 5) is 28.7. The van der Waals surface area contributed by atoms with E-state index in [0.717, 1.165) is 22.2 Å². The molecule has 1 aromatic heterocycles. The van der Waals surface area contributed by atoms with Crippen molar-refractivity contribution < 1.29 is 23.5 Å². The van der Waals surface area contributed by atoms with Crippen molar-refractivity contribution in [1.82, 2.24) is 4.98 Å². The Morgan fingerprint density at radius 2 is 1.72 bits per heavy atom. The van der Waals surface area contributed by atoms with E-state index >= 15 is 0 Å². The predicted octanol–water partition coefficient (Wildman–Crippen LogP) is 4.24. The fourth-order valence-electron chi connectivity index (χ4n) is 2.99. The van der Waals surface area contributed by atoms with Gasteiger partial charge < -0.3 is 19.2 Å². The first-order valence-corrected chi connectivity index (χ1v) is 9.13. The largest absolute Gasteiger partial charge is 0.436 e. The van der Waals surface area contributed by atoms with Gasteiger partial charge in [0.2, 0.25) is 5.89 Å². The van der Waals surface area contributed by atoms with Gasteiger partial charge in [-0.15, -0.1) is 0 Å². The number of ether oxygens (including phenoxy) is 2. The number of nitrogens with one attached hydrogen (secondary N) is 1. The number of anilines is 1. The molecular formula is C22H20N2O5. The minimum atomic E-state index is -1.27. The second-order valence-electron chi connectivity index (χ2n) is 7.40. The molecule has 148 valence electrons. The summed E-state index contributed by atoms with van der Waals surface area (Å²) in [5, 5.41) is 2.99. The van der Waals surface area contributed by atoms with Gasteiger partial charge in [-0.1, -0.05) is 12.1 Å². The highest BCUT2D eigenvalue weighted by atomic mass is 16.7. The molecule has 1 saturated heterocycles. The molecule has 0 radical (unpaired) electrons. The molecule has 0 amide bonds. The summed E-state index contributed by atoms with van der Waals surface area (Å²) in [6.07, 6.45) is 1.29. The number of aryl methyl sites for hydroxylation is 2. The number of carbonyl (C=O) groups is 2. The van der Waals surface area contributed by atoms with E-state index in [1.54, 1.807) is 0 Å². The highest BCUT2D eigenvalue weighted by Crippen LogP contribution is 2.29. The molecule has 7 heteroatoms. The van der Waals surface area contributed by atoms with Crippen molar-refractivity contribution in [2.24, 2.45) is 0 Å². The van der Waals surface area contributed by atoms with Crippen LogP contribution in [-0.4, -0.2) is 22.7 Å². The van der Waals surface area contributed by atoms with Crippen LogP contribution >= 0.6 is 0 Å². The summed E-state index contributed by atoms with van der Waals surface area (Å²) >= 11 is 0. The molecule has 2 aromatic carbocycles. The summed E-state index contributed by atoms with van der Waals surface area (Å²) in [6, 6.07) is 11.5. The van der Waals surface area contributed by atoms with Gasteiger partial charge >= 0.3 is 11.9 Å². The van der Waals surface area contributed by atoms with Gasteiger partial charge in [-0.25, -0.2) is 14.6 Å². The van der Waals surface area contributed by atoms with Crippen molar-refractivity contribution in [2.75, 3.05) is 5.32 Å². The maximum absolute atomic E-state index is 12.1. The fourth-order valence-corrected chi connectivity index (χ4v) is 2.99. The van der Waals surface area contributed by atoms with E-state index in [0.29, 0.717) is 17.2 Å². The van der Waals surface area contributed by atoms with Crippen LogP contribution < -0.4 is 5.32 Å². The third kappa shape index (κ3) is 3.71. The number of hydrogen-bond donors (Lipinski definition) is 1. The second-order valence-corrected chi connectivity index (χ2v) is 7.40. The Hall–Kier alpha value is -3.61. The highest BCUT2D eigenvalue weighted by molar-refractivity contribution is 6.15. The molecule has 0 unspecified atom stereocenters. The Morgan fingerprint density at radius 3 is 2.45 bits per heavy atom. The molecule has 4 rings (SSSR count). The quantitative estimate of drug-likeness (QED) is 0.405. The maximum Gasteiger partial charge on any atom is 0.350 e. The van der Waals surface area contributed by atoms with Crippen LogP contribution in [0, 0.1) is 13.8 Å². The van der Waals surface area contributed by atoms with Crippen molar-refractivity contribution in [1.29, 1.82) is 0 Å². The Kier molecular flexibility index (Phi) is 4.38. The van der Waals surface area contributed by atoms with Gasteiger partial charge in [0, 0.05) is 31.3 Å². The lowest BCUT2D eigenvalue weighted by molar-refractivity contribution is -0.222. The Balaban J connectivity index is 1.63. The van der Waals surface area contributed by atoms with E-state index in [1.165, 1.54) is 20.0 Å². The van der Waals surface area contributed by atoms with Gasteiger partial charge in [-0.3, -0.25) is 0 Å². The molecule has 0 aliphatic carbocycles. The first-order valence-electron chi connectivity index (χ1n) is 9.13. The zero-order valence-electron chi connectivity index (χ0n) is 16.5. The van der Waals surface area contributed by atoms with Gasteiger partial charge in [0.05, 0.1) is 0 Å². The molecule has 29 heavy (non-hydrogen) atoms. The van der Waals surface area contributed by atoms with E-state index in [9.17, 15) is 9.59 Å². The average Bonchev–Trinajstić information content (AvgIpc) is 3.04. The minimum absolute atomic E-state index is 0.202. The van der Waals surface area contributed by atoms with E-state index < -0.39 is 17.7 Å². The number of aromatic nitrogens is 1. The summed E-state index contributed by atoms with van der Waals surface area (Å²) in [5.41, 5.74) is 4.75. The van der Waals surface area contributed by atoms with E-state index in [4.69, 9.17) is 13.9 Å². The van der Waals surface area contributed by atoms with Crippen LogP contribution in [0.25, 0.3) is 22.6 Å². The summed E-state index contributed by atoms with van der Waals surface area (Å²) in [6.45, 7) is 6.90. The molecule has 0 bridgehead atoms. The molecule has 1 N–H and O–H groups in total. The van der Waals surface area contributed by atoms with Gasteiger partial charge in [0.25, 0.3) is 5.79 Å². The molecule has 0 saturated carbocycles. The van der Waals surface area contributed by atoms with E-state index in [1.807, 2.05) is 50.2 Å². The first kappa shape index (κ1) is 18.7. The van der Waals surface area contributed by atoms with Crippen LogP contribution in [0.2, 0.25) is 0 Å². The van der Waals surface area contributed by atoms with Crippen molar-refractivity contribution in [3.05, 3.63) is 59.3 Å². The number of nitrogens with zero attached hydrogens (tertiary/aromatic N) is 1. The third-order valence-electron chi connectivity index (χ3n) is 4.52. The normalized spacial score (nSPS) is 15.8. The number of hydrogen-bond acceptors (Lipinski definition) is 7. The highest BCUT2D eigenvalue weighted by Gasteiger charge is 2.38. The third-order valence-corrected chi connectivity index (χ3v) is 4.52. The maximum atomic E-state index is 12.1. The van der Waals surface area contributed by atoms with Crippen LogP contribution in [0.15, 0.2) is 52.6 Å². The number of rotatable bonds is 3. The molecule has 7 nitrogen and oxygen atoms in total. The Morgan fingerprint density at radius 1 is 1.00 bits per heavy atom. The second kappa shape index (κ2) is 6.77. The van der Waals surface area contributed by atoms with Crippen LogP contribution in [-0.2, 0) is 19.1 Å². The number of carbonyl (C=O) groups excluding carboxylic acids is 2. The number of cyclic esters (lactones) is 2. The SMILES string of the molecule is Cc1ccc2nc(-c3ccc(C)c(NC=C4C(=O)OC(C)(C)OC4=O)c3)oc2c1. The zero-order chi connectivity index (χ0) is 20.8. The Labute approximate surface area is 167 Å². The summed E-state index contributed by atoms with van der Waals surface area (Å²) in [5.74, 6) is -2.25. The molecule has 1 fully saturated rings. The van der Waals surface area contributed by atoms with Crippen LogP contribution in [0.4, 0.5) is 5.69 Å². The van der Waals surface area contributed by atoms with Crippen molar-refractivity contribution in [3.63, 3.8) is 0 Å². The molecule has 3 aromatic rings. The lowest BCUT2D eigenvalue weighted by Gasteiger charge is -2.29. The van der Waals surface area contributed by atoms with Crippen LogP contribution in [0.1, 0.15) is 25.0 Å². The first-order chi connectivity index (χ1) is 13.7. The molecule has 0 spiro atoms. The van der Waals surface area contributed by atoms with Crippen LogP contribution in [0.5, 0.6) is 0 Å². The molecular weight excluding hydrogens is 372 g/mol.